The summed E-state index contributed by atoms with van der Waals surface area (Å²) in [5, 5.41) is 15.5. The first-order valence-corrected chi connectivity index (χ1v) is 15.5. The van der Waals surface area contributed by atoms with Crippen LogP contribution in [0.5, 0.6) is 5.75 Å². The van der Waals surface area contributed by atoms with Crippen LogP contribution < -0.4 is 15.4 Å². The van der Waals surface area contributed by atoms with Gasteiger partial charge in [0, 0.05) is 37.6 Å². The predicted molar refractivity (Wildman–Crippen MR) is 179 cm³/mol. The van der Waals surface area contributed by atoms with Crippen molar-refractivity contribution in [3.63, 3.8) is 0 Å². The predicted octanol–water partition coefficient (Wildman–Crippen LogP) is 6.80. The first kappa shape index (κ1) is 35.0. The molecule has 0 saturated heterocycles. The first-order chi connectivity index (χ1) is 22.5. The van der Waals surface area contributed by atoms with Gasteiger partial charge in [-0.15, -0.1) is 0 Å². The number of anilines is 1. The molecule has 3 aromatic carbocycles. The van der Waals surface area contributed by atoms with E-state index in [0.29, 0.717) is 35.7 Å². The third kappa shape index (κ3) is 10.0. The lowest BCUT2D eigenvalue weighted by atomic mass is 10.0. The summed E-state index contributed by atoms with van der Waals surface area (Å²) in [6.45, 7) is 4.51. The molecule has 2 N–H and O–H groups in total. The average molecular weight is 663 g/mol. The molecular formula is C35H37F3N6O2S. The molecule has 4 rings (SSSR count). The largest absolute Gasteiger partial charge is 0.495 e. The van der Waals surface area contributed by atoms with E-state index in [1.807, 2.05) is 30.5 Å². The van der Waals surface area contributed by atoms with E-state index in [9.17, 15) is 18.0 Å². The molecule has 47 heavy (non-hydrogen) atoms. The normalized spacial score (nSPS) is 11.9. The van der Waals surface area contributed by atoms with Gasteiger partial charge in [-0.1, -0.05) is 56.3 Å². The number of imidazole rings is 1. The van der Waals surface area contributed by atoms with Gasteiger partial charge in [-0.2, -0.15) is 18.4 Å². The van der Waals surface area contributed by atoms with E-state index < -0.39 is 17.8 Å². The molecule has 0 fully saturated rings. The number of aromatic nitrogens is 2. The van der Waals surface area contributed by atoms with Gasteiger partial charge in [0.05, 0.1) is 42.7 Å². The summed E-state index contributed by atoms with van der Waals surface area (Å²) in [5.41, 5.74) is 2.08. The highest BCUT2D eigenvalue weighted by atomic mass is 32.1. The van der Waals surface area contributed by atoms with Gasteiger partial charge in [-0.05, 0) is 66.0 Å². The molecule has 0 spiro atoms. The zero-order chi connectivity index (χ0) is 34.0. The second kappa shape index (κ2) is 16.1. The topological polar surface area (TPSA) is 95.2 Å². The molecule has 1 aromatic heterocycles. The molecule has 0 aliphatic heterocycles. The number of nitriles is 1. The number of nitrogens with one attached hydrogen (secondary N) is 2. The Bertz CT molecular complexity index is 1700. The van der Waals surface area contributed by atoms with Crippen LogP contribution in [0.2, 0.25) is 0 Å². The summed E-state index contributed by atoms with van der Waals surface area (Å²) in [5.74, 6) is 0.439. The van der Waals surface area contributed by atoms with E-state index in [-0.39, 0.29) is 42.0 Å². The molecule has 0 bridgehead atoms. The number of carbonyl (C=O) groups excluding carboxylic acids is 1. The Balaban J connectivity index is 1.55. The van der Waals surface area contributed by atoms with Crippen molar-refractivity contribution in [3.8, 4) is 11.8 Å². The number of halogens is 3. The third-order valence-electron chi connectivity index (χ3n) is 7.46. The zero-order valence-electron chi connectivity index (χ0n) is 26.4. The number of rotatable bonds is 13. The van der Waals surface area contributed by atoms with Crippen molar-refractivity contribution in [1.29, 1.82) is 5.26 Å². The van der Waals surface area contributed by atoms with Gasteiger partial charge >= 0.3 is 6.18 Å². The van der Waals surface area contributed by atoms with Gasteiger partial charge < -0.3 is 24.8 Å². The van der Waals surface area contributed by atoms with Crippen molar-refractivity contribution in [2.24, 2.45) is 5.92 Å². The number of nitrogens with zero attached hydrogens (tertiary/aromatic N) is 4. The minimum absolute atomic E-state index is 0.0473. The van der Waals surface area contributed by atoms with E-state index in [1.165, 1.54) is 19.2 Å². The number of thiocarbonyl (C=S) groups is 1. The second-order valence-electron chi connectivity index (χ2n) is 11.6. The summed E-state index contributed by atoms with van der Waals surface area (Å²) in [6.07, 6.45) is -0.662. The Morgan fingerprint density at radius 1 is 1.09 bits per heavy atom. The molecule has 246 valence electrons. The first-order valence-electron chi connectivity index (χ1n) is 15.1. The van der Waals surface area contributed by atoms with Gasteiger partial charge in [0.2, 0.25) is 5.91 Å². The van der Waals surface area contributed by atoms with Gasteiger partial charge in [0.1, 0.15) is 5.75 Å². The minimum atomic E-state index is -4.55. The maximum absolute atomic E-state index is 14.0. The van der Waals surface area contributed by atoms with E-state index >= 15 is 0 Å². The number of alkyl halides is 3. The van der Waals surface area contributed by atoms with Crippen LogP contribution in [0.25, 0.3) is 0 Å². The Morgan fingerprint density at radius 3 is 2.47 bits per heavy atom. The Morgan fingerprint density at radius 2 is 1.79 bits per heavy atom. The smallest absolute Gasteiger partial charge is 0.416 e. The lowest BCUT2D eigenvalue weighted by molar-refractivity contribution is -0.138. The van der Waals surface area contributed by atoms with Gasteiger partial charge in [-0.25, -0.2) is 4.98 Å². The SMILES string of the molecule is COc1ccccc1NC(=S)N(Cc1ccccc1C(F)(F)F)C[C@H](CC(C)C)NC(=O)Cc1cncn1Cc1ccc(C#N)cc1. The molecule has 0 aliphatic carbocycles. The number of carbonyl (C=O) groups is 1. The number of hydrogen-bond donors (Lipinski definition) is 2. The van der Waals surface area contributed by atoms with Gasteiger partial charge in [0.15, 0.2) is 5.11 Å². The van der Waals surface area contributed by atoms with Crippen LogP contribution in [-0.4, -0.2) is 45.2 Å². The number of benzene rings is 3. The Labute approximate surface area is 278 Å². The van der Waals surface area contributed by atoms with Crippen LogP contribution in [0.15, 0.2) is 85.3 Å². The lowest BCUT2D eigenvalue weighted by Gasteiger charge is -2.32. The molecule has 0 radical (unpaired) electrons. The number of hydrogen-bond acceptors (Lipinski definition) is 5. The van der Waals surface area contributed by atoms with Gasteiger partial charge in [0.25, 0.3) is 0 Å². The maximum atomic E-state index is 14.0. The highest BCUT2D eigenvalue weighted by molar-refractivity contribution is 7.80. The fraction of sp³-hybridized carbons (Fsp3) is 0.314. The second-order valence-corrected chi connectivity index (χ2v) is 11.9. The Kier molecular flexibility index (Phi) is 12.0. The quantitative estimate of drug-likeness (QED) is 0.152. The summed E-state index contributed by atoms with van der Waals surface area (Å²) >= 11 is 5.77. The maximum Gasteiger partial charge on any atom is 0.416 e. The van der Waals surface area contributed by atoms with Crippen molar-refractivity contribution in [3.05, 3.63) is 113 Å². The molecule has 0 saturated carbocycles. The number of ether oxygens (including phenoxy) is 1. The van der Waals surface area contributed by atoms with Crippen LogP contribution in [-0.2, 0) is 30.5 Å². The van der Waals surface area contributed by atoms with Crippen LogP contribution in [0.1, 0.15) is 48.2 Å². The Hall–Kier alpha value is -4.89. The number of amides is 1. The minimum Gasteiger partial charge on any atom is -0.495 e. The summed E-state index contributed by atoms with van der Waals surface area (Å²) in [4.78, 5) is 19.3. The molecule has 1 heterocycles. The van der Waals surface area contributed by atoms with Crippen LogP contribution in [0.3, 0.4) is 0 Å². The molecule has 1 atom stereocenters. The number of para-hydroxylation sites is 2. The van der Waals surface area contributed by atoms with Crippen molar-refractivity contribution in [1.82, 2.24) is 19.8 Å². The van der Waals surface area contributed by atoms with Crippen molar-refractivity contribution < 1.29 is 22.7 Å². The van der Waals surface area contributed by atoms with Crippen LogP contribution >= 0.6 is 12.2 Å². The van der Waals surface area contributed by atoms with Crippen LogP contribution in [0, 0.1) is 17.2 Å². The van der Waals surface area contributed by atoms with E-state index in [4.69, 9.17) is 22.2 Å². The van der Waals surface area contributed by atoms with Crippen molar-refractivity contribution in [2.75, 3.05) is 19.0 Å². The summed E-state index contributed by atoms with van der Waals surface area (Å²) in [7, 11) is 1.52. The molecule has 4 aromatic rings. The molecular weight excluding hydrogens is 625 g/mol. The molecule has 8 nitrogen and oxygen atoms in total. The third-order valence-corrected chi connectivity index (χ3v) is 7.82. The van der Waals surface area contributed by atoms with Crippen molar-refractivity contribution >= 4 is 28.9 Å². The van der Waals surface area contributed by atoms with Crippen LogP contribution in [0.4, 0.5) is 18.9 Å². The zero-order valence-corrected chi connectivity index (χ0v) is 27.2. The van der Waals surface area contributed by atoms with Crippen molar-refractivity contribution in [2.45, 2.75) is 52.0 Å². The monoisotopic (exact) mass is 662 g/mol. The lowest BCUT2D eigenvalue weighted by Crippen LogP contribution is -2.48. The summed E-state index contributed by atoms with van der Waals surface area (Å²) in [6, 6.07) is 21.4. The highest BCUT2D eigenvalue weighted by Gasteiger charge is 2.34. The molecule has 1 amide bonds. The standard InChI is InChI=1S/C35H37F3N6O2S/c1-24(2)16-28(41-33(45)17-29-19-40-23-44(29)20-26-14-12-25(18-39)13-15-26)22-43(21-27-8-4-5-9-30(27)35(36,37)38)34(47)42-31-10-6-7-11-32(31)46-3/h4-15,19,23-24,28H,16-17,20-22H2,1-3H3,(H,41,45)(H,42,47)/t28-/m0/s1. The fourth-order valence-corrected chi connectivity index (χ4v) is 5.53. The van der Waals surface area contributed by atoms with E-state index in [0.717, 1.165) is 11.6 Å². The highest BCUT2D eigenvalue weighted by Crippen LogP contribution is 2.33. The average Bonchev–Trinajstić information content (AvgIpc) is 3.46. The molecule has 0 aliphatic rings. The van der Waals surface area contributed by atoms with Gasteiger partial charge in [-0.3, -0.25) is 4.79 Å². The molecule has 12 heteroatoms. The van der Waals surface area contributed by atoms with E-state index in [1.54, 1.807) is 59.9 Å². The molecule has 0 unspecified atom stereocenters. The van der Waals surface area contributed by atoms with E-state index in [2.05, 4.69) is 21.7 Å². The fourth-order valence-electron chi connectivity index (χ4n) is 5.28. The summed E-state index contributed by atoms with van der Waals surface area (Å²) < 4.78 is 49.2. The number of methoxy groups -OCH3 is 1.